The molecule has 0 atom stereocenters. The molecule has 3 rings (SSSR count). The fourth-order valence-electron chi connectivity index (χ4n) is 2.41. The first-order valence-corrected chi connectivity index (χ1v) is 8.49. The van der Waals surface area contributed by atoms with Gasteiger partial charge in [-0.1, -0.05) is 47.6 Å². The zero-order valence-electron chi connectivity index (χ0n) is 15.0. The van der Waals surface area contributed by atoms with Gasteiger partial charge >= 0.3 is 0 Å². The van der Waals surface area contributed by atoms with Crippen LogP contribution < -0.4 is 9.47 Å². The lowest BCUT2D eigenvalue weighted by Gasteiger charge is -2.11. The average molecular weight is 365 g/mol. The summed E-state index contributed by atoms with van der Waals surface area (Å²) in [6.07, 6.45) is 1.59. The Morgan fingerprint density at radius 1 is 0.852 bits per heavy atom. The number of hydrogen-bond acceptors (Lipinski definition) is 4. The van der Waals surface area contributed by atoms with Crippen LogP contribution in [-0.4, -0.2) is 13.3 Å². The van der Waals surface area contributed by atoms with Crippen LogP contribution in [0.4, 0.5) is 4.39 Å². The summed E-state index contributed by atoms with van der Waals surface area (Å²) in [4.78, 5) is 5.25. The van der Waals surface area contributed by atoms with Crippen molar-refractivity contribution in [2.24, 2.45) is 5.16 Å². The Bertz CT molecular complexity index is 880. The van der Waals surface area contributed by atoms with E-state index in [0.29, 0.717) is 18.1 Å². The van der Waals surface area contributed by atoms with Gasteiger partial charge in [-0.25, -0.2) is 4.39 Å². The van der Waals surface area contributed by atoms with Crippen molar-refractivity contribution < 1.29 is 18.7 Å². The van der Waals surface area contributed by atoms with Crippen LogP contribution in [0.15, 0.2) is 78.0 Å². The van der Waals surface area contributed by atoms with Crippen molar-refractivity contribution >= 4 is 6.21 Å². The zero-order valence-corrected chi connectivity index (χ0v) is 15.0. The highest BCUT2D eigenvalue weighted by Crippen LogP contribution is 2.28. The third-order valence-corrected chi connectivity index (χ3v) is 3.85. The van der Waals surface area contributed by atoms with E-state index in [-0.39, 0.29) is 12.4 Å². The Balaban J connectivity index is 1.57. The molecule has 0 heterocycles. The molecule has 0 aromatic heterocycles. The van der Waals surface area contributed by atoms with E-state index in [0.717, 1.165) is 16.7 Å². The predicted molar refractivity (Wildman–Crippen MR) is 103 cm³/mol. The maximum Gasteiger partial charge on any atom is 0.161 e. The smallest absolute Gasteiger partial charge is 0.161 e. The first-order valence-electron chi connectivity index (χ1n) is 8.49. The van der Waals surface area contributed by atoms with Crippen LogP contribution in [-0.2, 0) is 18.1 Å². The van der Waals surface area contributed by atoms with Crippen LogP contribution >= 0.6 is 0 Å². The molecule has 3 aromatic carbocycles. The summed E-state index contributed by atoms with van der Waals surface area (Å²) in [5.41, 5.74) is 2.74. The van der Waals surface area contributed by atoms with E-state index in [4.69, 9.17) is 14.3 Å². The molecule has 0 radical (unpaired) electrons. The van der Waals surface area contributed by atoms with E-state index in [1.54, 1.807) is 25.5 Å². The average Bonchev–Trinajstić information content (AvgIpc) is 2.72. The molecule has 0 saturated heterocycles. The maximum absolute atomic E-state index is 12.9. The number of hydrogen-bond donors (Lipinski definition) is 0. The standard InChI is InChI=1S/C22H20FNO3/c1-25-22-13-19(14-24-27-16-18-7-10-20(23)11-8-18)9-12-21(22)26-15-17-5-3-2-4-6-17/h2-14H,15-16H2,1H3/b24-14-. The second-order valence-electron chi connectivity index (χ2n) is 5.82. The summed E-state index contributed by atoms with van der Waals surface area (Å²) >= 11 is 0. The number of benzene rings is 3. The van der Waals surface area contributed by atoms with Gasteiger partial charge in [-0.05, 0) is 41.5 Å². The van der Waals surface area contributed by atoms with Crippen LogP contribution in [0.1, 0.15) is 16.7 Å². The van der Waals surface area contributed by atoms with Crippen molar-refractivity contribution in [3.8, 4) is 11.5 Å². The van der Waals surface area contributed by atoms with Crippen molar-refractivity contribution in [2.45, 2.75) is 13.2 Å². The zero-order chi connectivity index (χ0) is 18.9. The molecule has 0 bridgehead atoms. The largest absolute Gasteiger partial charge is 0.493 e. The molecule has 0 aliphatic heterocycles. The SMILES string of the molecule is COc1cc(/C=N\OCc2ccc(F)cc2)ccc1OCc1ccccc1. The van der Waals surface area contributed by atoms with Gasteiger partial charge in [-0.2, -0.15) is 0 Å². The fraction of sp³-hybridized carbons (Fsp3) is 0.136. The highest BCUT2D eigenvalue weighted by Gasteiger charge is 2.05. The van der Waals surface area contributed by atoms with Gasteiger partial charge in [0.2, 0.25) is 0 Å². The van der Waals surface area contributed by atoms with Gasteiger partial charge in [0, 0.05) is 5.56 Å². The van der Waals surface area contributed by atoms with Gasteiger partial charge in [0.15, 0.2) is 11.5 Å². The van der Waals surface area contributed by atoms with Crippen molar-refractivity contribution in [1.82, 2.24) is 0 Å². The minimum Gasteiger partial charge on any atom is -0.493 e. The molecule has 0 saturated carbocycles. The van der Waals surface area contributed by atoms with E-state index in [1.165, 1.54) is 12.1 Å². The molecule has 3 aromatic rings. The summed E-state index contributed by atoms with van der Waals surface area (Å²) in [6.45, 7) is 0.734. The summed E-state index contributed by atoms with van der Waals surface area (Å²) in [5.74, 6) is 1.00. The Kier molecular flexibility index (Phi) is 6.41. The molecule has 0 fully saturated rings. The minimum atomic E-state index is -0.274. The second kappa shape index (κ2) is 9.38. The minimum absolute atomic E-state index is 0.270. The van der Waals surface area contributed by atoms with E-state index >= 15 is 0 Å². The lowest BCUT2D eigenvalue weighted by molar-refractivity contribution is 0.132. The Labute approximate surface area is 157 Å². The van der Waals surface area contributed by atoms with Crippen molar-refractivity contribution in [1.29, 1.82) is 0 Å². The maximum atomic E-state index is 12.9. The van der Waals surface area contributed by atoms with Crippen LogP contribution in [0, 0.1) is 5.82 Å². The van der Waals surface area contributed by atoms with Gasteiger partial charge in [-0.3, -0.25) is 0 Å². The molecule has 0 aliphatic carbocycles. The van der Waals surface area contributed by atoms with Gasteiger partial charge < -0.3 is 14.3 Å². The molecule has 0 spiro atoms. The number of rotatable bonds is 8. The Morgan fingerprint density at radius 2 is 1.59 bits per heavy atom. The summed E-state index contributed by atoms with van der Waals surface area (Å²) in [6, 6.07) is 21.6. The second-order valence-corrected chi connectivity index (χ2v) is 5.82. The van der Waals surface area contributed by atoms with Gasteiger partial charge in [0.05, 0.1) is 13.3 Å². The van der Waals surface area contributed by atoms with Crippen LogP contribution in [0.2, 0.25) is 0 Å². The van der Waals surface area contributed by atoms with E-state index in [2.05, 4.69) is 5.16 Å². The molecule has 0 amide bonds. The summed E-state index contributed by atoms with van der Waals surface area (Å²) in [7, 11) is 1.59. The van der Waals surface area contributed by atoms with Crippen molar-refractivity contribution in [3.05, 3.63) is 95.3 Å². The molecule has 4 nitrogen and oxygen atoms in total. The topological polar surface area (TPSA) is 40.0 Å². The number of halogens is 1. The third kappa shape index (κ3) is 5.57. The molecule has 0 aliphatic rings. The van der Waals surface area contributed by atoms with E-state index in [9.17, 15) is 4.39 Å². The molecule has 0 N–H and O–H groups in total. The highest BCUT2D eigenvalue weighted by atomic mass is 19.1. The van der Waals surface area contributed by atoms with E-state index in [1.807, 2.05) is 48.5 Å². The van der Waals surface area contributed by atoms with Gasteiger partial charge in [-0.15, -0.1) is 0 Å². The van der Waals surface area contributed by atoms with Gasteiger partial charge in [0.25, 0.3) is 0 Å². The Morgan fingerprint density at radius 3 is 2.33 bits per heavy atom. The molecule has 138 valence electrons. The van der Waals surface area contributed by atoms with Crippen LogP contribution in [0.5, 0.6) is 11.5 Å². The fourth-order valence-corrected chi connectivity index (χ4v) is 2.41. The number of nitrogens with zero attached hydrogens (tertiary/aromatic N) is 1. The molecule has 5 heteroatoms. The first-order chi connectivity index (χ1) is 13.2. The molecular weight excluding hydrogens is 345 g/mol. The van der Waals surface area contributed by atoms with Crippen LogP contribution in [0.25, 0.3) is 0 Å². The number of methoxy groups -OCH3 is 1. The lowest BCUT2D eigenvalue weighted by atomic mass is 10.2. The summed E-state index contributed by atoms with van der Waals surface area (Å²) in [5, 5.41) is 3.94. The quantitative estimate of drug-likeness (QED) is 0.418. The highest BCUT2D eigenvalue weighted by molar-refractivity contribution is 5.80. The predicted octanol–water partition coefficient (Wildman–Crippen LogP) is 4.96. The Hall–Kier alpha value is -3.34. The van der Waals surface area contributed by atoms with E-state index < -0.39 is 0 Å². The number of ether oxygens (including phenoxy) is 2. The molecule has 0 unspecified atom stereocenters. The number of oxime groups is 1. The van der Waals surface area contributed by atoms with Crippen LogP contribution in [0.3, 0.4) is 0 Å². The first kappa shape index (κ1) is 18.5. The monoisotopic (exact) mass is 365 g/mol. The molecular formula is C22H20FNO3. The van der Waals surface area contributed by atoms with Crippen molar-refractivity contribution in [3.63, 3.8) is 0 Å². The summed E-state index contributed by atoms with van der Waals surface area (Å²) < 4.78 is 24.1. The lowest BCUT2D eigenvalue weighted by Crippen LogP contribution is -1.98. The van der Waals surface area contributed by atoms with Crippen molar-refractivity contribution in [2.75, 3.05) is 7.11 Å². The van der Waals surface area contributed by atoms with Gasteiger partial charge in [0.1, 0.15) is 19.0 Å². The normalized spacial score (nSPS) is 10.7. The molecule has 27 heavy (non-hydrogen) atoms. The third-order valence-electron chi connectivity index (χ3n) is 3.85.